The number of carbonyl (C=O) groups excluding carboxylic acids is 1. The van der Waals surface area contributed by atoms with Crippen LogP contribution in [0.3, 0.4) is 0 Å². The predicted octanol–water partition coefficient (Wildman–Crippen LogP) is 5.82. The number of amides is 1. The van der Waals surface area contributed by atoms with Gasteiger partial charge in [-0.2, -0.15) is 0 Å². The molecule has 1 aliphatic rings. The second-order valence-corrected chi connectivity index (χ2v) is 12.0. The van der Waals surface area contributed by atoms with Crippen molar-refractivity contribution in [2.75, 3.05) is 51.3 Å². The number of hydrogen-bond donors (Lipinski definition) is 3. The molecule has 0 radical (unpaired) electrons. The van der Waals surface area contributed by atoms with Crippen molar-refractivity contribution in [2.45, 2.75) is 32.8 Å². The number of nitrogens with zero attached hydrogens (tertiary/aromatic N) is 4. The predicted molar refractivity (Wildman–Crippen MR) is 171 cm³/mol. The second kappa shape index (κ2) is 12.0. The minimum Gasteiger partial charge on any atom is -0.494 e. The Balaban J connectivity index is 1.08. The first-order chi connectivity index (χ1) is 20.7. The molecule has 0 spiro atoms. The summed E-state index contributed by atoms with van der Waals surface area (Å²) in [5.74, 6) is 2.40. The van der Waals surface area contributed by atoms with Crippen molar-refractivity contribution in [1.29, 1.82) is 0 Å². The number of rotatable bonds is 8. The zero-order valence-electron chi connectivity index (χ0n) is 25.2. The minimum atomic E-state index is -0.506. The quantitative estimate of drug-likeness (QED) is 0.198. The Bertz CT molecular complexity index is 1710. The summed E-state index contributed by atoms with van der Waals surface area (Å²) in [6, 6.07) is 20.5. The van der Waals surface area contributed by atoms with Crippen molar-refractivity contribution in [3.63, 3.8) is 0 Å². The maximum atomic E-state index is 11.7. The summed E-state index contributed by atoms with van der Waals surface area (Å²) in [7, 11) is 2.17. The molecule has 10 heteroatoms. The average molecular weight is 582 g/mol. The van der Waals surface area contributed by atoms with E-state index in [-0.39, 0.29) is 0 Å². The first-order valence-corrected chi connectivity index (χ1v) is 14.8. The van der Waals surface area contributed by atoms with E-state index in [0.29, 0.717) is 19.6 Å². The van der Waals surface area contributed by atoms with Crippen molar-refractivity contribution in [1.82, 2.24) is 30.2 Å². The van der Waals surface area contributed by atoms with E-state index in [1.54, 1.807) is 0 Å². The number of carbonyl (C=O) groups is 1. The standard InChI is InChI=1S/C33H39N7O3/c1-33(2,3)43-32(41)34-14-5-19-42-25-10-6-22(7-11-25)30-35-26-12-8-23(20-28(26)37-30)31-36-27-13-9-24(21-29(27)38-31)40-17-15-39(4)16-18-40/h6-13,20-21H,5,14-19H2,1-4H3,(H,34,41)(H,35,37)(H,36,38). The number of fused-ring (bicyclic) bond motifs is 2. The number of H-pyrrole nitrogens is 2. The molecule has 1 saturated heterocycles. The van der Waals surface area contributed by atoms with Crippen LogP contribution >= 0.6 is 0 Å². The van der Waals surface area contributed by atoms with E-state index in [9.17, 15) is 4.79 Å². The van der Waals surface area contributed by atoms with Gasteiger partial charge < -0.3 is 34.6 Å². The molecule has 0 bridgehead atoms. The Morgan fingerprint density at radius 3 is 2.19 bits per heavy atom. The number of hydrogen-bond acceptors (Lipinski definition) is 7. The molecule has 1 fully saturated rings. The molecule has 3 aromatic carbocycles. The van der Waals surface area contributed by atoms with Crippen LogP contribution in [0.2, 0.25) is 0 Å². The lowest BCUT2D eigenvalue weighted by Gasteiger charge is -2.34. The van der Waals surface area contributed by atoms with Crippen LogP contribution in [0, 0.1) is 0 Å². The van der Waals surface area contributed by atoms with Gasteiger partial charge in [-0.1, -0.05) is 0 Å². The molecule has 1 aliphatic heterocycles. The van der Waals surface area contributed by atoms with Crippen molar-refractivity contribution in [3.8, 4) is 28.5 Å². The molecule has 6 rings (SSSR count). The smallest absolute Gasteiger partial charge is 0.407 e. The van der Waals surface area contributed by atoms with E-state index in [4.69, 9.17) is 19.4 Å². The number of imidazole rings is 2. The Labute approximate surface area is 251 Å². The largest absolute Gasteiger partial charge is 0.494 e. The third-order valence-electron chi connectivity index (χ3n) is 7.48. The summed E-state index contributed by atoms with van der Waals surface area (Å²) in [4.78, 5) is 33.2. The average Bonchev–Trinajstić information content (AvgIpc) is 3.60. The zero-order valence-corrected chi connectivity index (χ0v) is 25.2. The number of alkyl carbamates (subject to hydrolysis) is 1. The highest BCUT2D eigenvalue weighted by atomic mass is 16.6. The molecule has 3 heterocycles. The molecular weight excluding hydrogens is 542 g/mol. The van der Waals surface area contributed by atoms with Crippen molar-refractivity contribution in [2.24, 2.45) is 0 Å². The number of anilines is 1. The summed E-state index contributed by atoms with van der Waals surface area (Å²) < 4.78 is 11.1. The molecule has 3 N–H and O–H groups in total. The molecule has 0 unspecified atom stereocenters. The molecule has 0 saturated carbocycles. The molecule has 10 nitrogen and oxygen atoms in total. The lowest BCUT2D eigenvalue weighted by Crippen LogP contribution is -2.44. The van der Waals surface area contributed by atoms with Crippen LogP contribution in [-0.2, 0) is 4.74 Å². The highest BCUT2D eigenvalue weighted by Gasteiger charge is 2.17. The number of likely N-dealkylation sites (N-methyl/N-ethyl adjacent to an activating group) is 1. The fourth-order valence-corrected chi connectivity index (χ4v) is 5.17. The minimum absolute atomic E-state index is 0.414. The van der Waals surface area contributed by atoms with Gasteiger partial charge in [0.2, 0.25) is 0 Å². The zero-order chi connectivity index (χ0) is 30.0. The van der Waals surface area contributed by atoms with Gasteiger partial charge in [-0.25, -0.2) is 14.8 Å². The van der Waals surface area contributed by atoms with E-state index in [1.807, 2.05) is 51.1 Å². The van der Waals surface area contributed by atoms with E-state index < -0.39 is 11.7 Å². The van der Waals surface area contributed by atoms with Crippen molar-refractivity contribution >= 4 is 33.8 Å². The van der Waals surface area contributed by atoms with E-state index in [1.165, 1.54) is 5.69 Å². The second-order valence-electron chi connectivity index (χ2n) is 12.0. The van der Waals surface area contributed by atoms with Crippen LogP contribution in [-0.4, -0.2) is 82.9 Å². The van der Waals surface area contributed by atoms with Gasteiger partial charge in [-0.3, -0.25) is 0 Å². The summed E-state index contributed by atoms with van der Waals surface area (Å²) in [5.41, 5.74) is 6.54. The van der Waals surface area contributed by atoms with Crippen LogP contribution < -0.4 is 15.0 Å². The Morgan fingerprint density at radius 2 is 1.49 bits per heavy atom. The van der Waals surface area contributed by atoms with E-state index in [0.717, 1.165) is 76.8 Å². The van der Waals surface area contributed by atoms with Gasteiger partial charge in [-0.05, 0) is 94.9 Å². The highest BCUT2D eigenvalue weighted by molar-refractivity contribution is 5.87. The van der Waals surface area contributed by atoms with Gasteiger partial charge in [0.25, 0.3) is 0 Å². The maximum absolute atomic E-state index is 11.7. The van der Waals surface area contributed by atoms with Crippen LogP contribution in [0.1, 0.15) is 27.2 Å². The van der Waals surface area contributed by atoms with Gasteiger partial charge in [-0.15, -0.1) is 0 Å². The topological polar surface area (TPSA) is 111 Å². The number of aromatic nitrogens is 4. The summed E-state index contributed by atoms with van der Waals surface area (Å²) in [6.45, 7) is 10.7. The number of nitrogens with one attached hydrogen (secondary N) is 3. The Hall–Kier alpha value is -4.57. The van der Waals surface area contributed by atoms with Crippen LogP contribution in [0.5, 0.6) is 5.75 Å². The van der Waals surface area contributed by atoms with Gasteiger partial charge in [0.15, 0.2) is 0 Å². The molecule has 5 aromatic rings. The molecule has 2 aromatic heterocycles. The fraction of sp³-hybridized carbons (Fsp3) is 0.364. The van der Waals surface area contributed by atoms with Crippen molar-refractivity contribution in [3.05, 3.63) is 60.7 Å². The monoisotopic (exact) mass is 581 g/mol. The normalized spacial score (nSPS) is 14.4. The van der Waals surface area contributed by atoms with Gasteiger partial charge in [0.05, 0.1) is 28.7 Å². The van der Waals surface area contributed by atoms with Crippen LogP contribution in [0.4, 0.5) is 10.5 Å². The van der Waals surface area contributed by atoms with Gasteiger partial charge in [0.1, 0.15) is 23.0 Å². The summed E-state index contributed by atoms with van der Waals surface area (Å²) in [6.07, 6.45) is 0.262. The number of aromatic amines is 2. The molecule has 224 valence electrons. The Morgan fingerprint density at radius 1 is 0.860 bits per heavy atom. The van der Waals surface area contributed by atoms with Gasteiger partial charge >= 0.3 is 6.09 Å². The lowest BCUT2D eigenvalue weighted by atomic mass is 10.2. The fourth-order valence-electron chi connectivity index (χ4n) is 5.17. The molecule has 1 amide bonds. The molecule has 43 heavy (non-hydrogen) atoms. The first kappa shape index (κ1) is 28.5. The number of benzene rings is 3. The maximum Gasteiger partial charge on any atom is 0.407 e. The molecule has 0 atom stereocenters. The third kappa shape index (κ3) is 6.91. The van der Waals surface area contributed by atoms with E-state index in [2.05, 4.69) is 62.5 Å². The molecule has 0 aliphatic carbocycles. The first-order valence-electron chi connectivity index (χ1n) is 14.8. The molecular formula is C33H39N7O3. The van der Waals surface area contributed by atoms with Crippen LogP contribution in [0.25, 0.3) is 44.8 Å². The summed E-state index contributed by atoms with van der Waals surface area (Å²) >= 11 is 0. The number of ether oxygens (including phenoxy) is 2. The SMILES string of the molecule is CN1CCN(c2ccc3nc(-c4ccc5nc(-c6ccc(OCCCNC(=O)OC(C)(C)C)cc6)[nH]c5c4)[nH]c3c2)CC1. The lowest BCUT2D eigenvalue weighted by molar-refractivity contribution is 0.0525. The highest BCUT2D eigenvalue weighted by Crippen LogP contribution is 2.29. The summed E-state index contributed by atoms with van der Waals surface area (Å²) in [5, 5.41) is 2.74. The van der Waals surface area contributed by atoms with E-state index >= 15 is 0 Å². The Kier molecular flexibility index (Phi) is 7.94. The third-order valence-corrected chi connectivity index (χ3v) is 7.48. The number of piperazine rings is 1. The van der Waals surface area contributed by atoms with Crippen LogP contribution in [0.15, 0.2) is 60.7 Å². The van der Waals surface area contributed by atoms with Gasteiger partial charge in [0, 0.05) is 49.5 Å². The van der Waals surface area contributed by atoms with Crippen molar-refractivity contribution < 1.29 is 14.3 Å².